The Kier molecular flexibility index (Phi) is 8.62. The summed E-state index contributed by atoms with van der Waals surface area (Å²) in [6, 6.07) is 40.4. The molecule has 0 amide bonds. The first-order chi connectivity index (χ1) is 15.3. The molecule has 0 atom stereocenters. The zero-order chi connectivity index (χ0) is 21.3. The SMILES string of the molecule is Cc1cc(-c2[c-]cccc2)ncc1-c1ccccc1.[Ir].[c-]1ccccc1-c1ccccn1. The molecule has 5 rings (SSSR count). The molecule has 159 valence electrons. The second kappa shape index (κ2) is 11.9. The van der Waals surface area contributed by atoms with Gasteiger partial charge in [0.2, 0.25) is 0 Å². The van der Waals surface area contributed by atoms with E-state index in [0.29, 0.717) is 0 Å². The predicted molar refractivity (Wildman–Crippen MR) is 127 cm³/mol. The molecule has 3 aromatic carbocycles. The molecule has 3 heteroatoms. The largest absolute Gasteiger partial charge is 0.305 e. The van der Waals surface area contributed by atoms with Crippen LogP contribution in [0.5, 0.6) is 0 Å². The molecular formula is C29H22IrN2-2. The molecule has 0 aliphatic rings. The minimum Gasteiger partial charge on any atom is -0.305 e. The van der Waals surface area contributed by atoms with E-state index in [-0.39, 0.29) is 20.1 Å². The Balaban J connectivity index is 0.000000193. The smallest absolute Gasteiger partial charge is 0.0242 e. The number of aromatic nitrogens is 2. The maximum Gasteiger partial charge on any atom is 0.0242 e. The van der Waals surface area contributed by atoms with Crippen LogP contribution in [0.25, 0.3) is 33.6 Å². The van der Waals surface area contributed by atoms with Gasteiger partial charge in [-0.25, -0.2) is 0 Å². The molecule has 0 fully saturated rings. The second-order valence-corrected chi connectivity index (χ2v) is 7.02. The third-order valence-electron chi connectivity index (χ3n) is 4.83. The van der Waals surface area contributed by atoms with E-state index in [1.165, 1.54) is 16.7 Å². The van der Waals surface area contributed by atoms with Crippen molar-refractivity contribution in [1.82, 2.24) is 9.97 Å². The fourth-order valence-electron chi connectivity index (χ4n) is 3.25. The topological polar surface area (TPSA) is 25.8 Å². The monoisotopic (exact) mass is 591 g/mol. The van der Waals surface area contributed by atoms with Crippen LogP contribution in [-0.2, 0) is 20.1 Å². The number of rotatable bonds is 3. The van der Waals surface area contributed by atoms with E-state index >= 15 is 0 Å². The number of pyridine rings is 2. The maximum absolute atomic E-state index is 4.55. The molecular weight excluding hydrogens is 569 g/mol. The van der Waals surface area contributed by atoms with Gasteiger partial charge in [-0.1, -0.05) is 48.5 Å². The van der Waals surface area contributed by atoms with Crippen molar-refractivity contribution in [3.8, 4) is 33.6 Å². The first kappa shape index (κ1) is 23.3. The van der Waals surface area contributed by atoms with E-state index in [4.69, 9.17) is 0 Å². The van der Waals surface area contributed by atoms with Crippen LogP contribution in [0.2, 0.25) is 0 Å². The van der Waals surface area contributed by atoms with E-state index < -0.39 is 0 Å². The Morgan fingerprint density at radius 2 is 1.25 bits per heavy atom. The van der Waals surface area contributed by atoms with Crippen LogP contribution in [0, 0.1) is 19.1 Å². The molecule has 32 heavy (non-hydrogen) atoms. The third-order valence-corrected chi connectivity index (χ3v) is 4.83. The number of hydrogen-bond donors (Lipinski definition) is 0. The molecule has 2 aromatic heterocycles. The standard InChI is InChI=1S/C18H14N.C11H8N.Ir/c1-14-12-18(16-10-6-3-7-11-16)19-13-17(14)15-8-4-2-5-9-15;1-2-6-10(7-3-1)11-8-4-5-9-12-11;/h2-10,12-13H,1H3;1-6,8-9H;/q2*-1;. The van der Waals surface area contributed by atoms with Crippen molar-refractivity contribution in [3.63, 3.8) is 0 Å². The average Bonchev–Trinajstić information content (AvgIpc) is 2.86. The van der Waals surface area contributed by atoms with Crippen molar-refractivity contribution in [2.45, 2.75) is 6.92 Å². The molecule has 0 spiro atoms. The minimum atomic E-state index is 0. The van der Waals surface area contributed by atoms with Gasteiger partial charge in [-0.15, -0.1) is 71.8 Å². The van der Waals surface area contributed by atoms with Gasteiger partial charge in [0, 0.05) is 38.1 Å². The van der Waals surface area contributed by atoms with Gasteiger partial charge < -0.3 is 9.97 Å². The van der Waals surface area contributed by atoms with E-state index in [2.05, 4.69) is 47.2 Å². The van der Waals surface area contributed by atoms with Crippen molar-refractivity contribution in [3.05, 3.63) is 133 Å². The maximum atomic E-state index is 4.55. The quantitative estimate of drug-likeness (QED) is 0.210. The Hall–Kier alpha value is -3.39. The molecule has 0 unspecified atom stereocenters. The Morgan fingerprint density at radius 3 is 1.81 bits per heavy atom. The number of hydrogen-bond acceptors (Lipinski definition) is 2. The summed E-state index contributed by atoms with van der Waals surface area (Å²) in [7, 11) is 0. The summed E-state index contributed by atoms with van der Waals surface area (Å²) in [4.78, 5) is 8.77. The van der Waals surface area contributed by atoms with Gasteiger partial charge >= 0.3 is 0 Å². The number of benzene rings is 3. The molecule has 0 saturated heterocycles. The Morgan fingerprint density at radius 1 is 0.625 bits per heavy atom. The molecule has 5 aromatic rings. The number of aryl methyl sites for hydroxylation is 1. The van der Waals surface area contributed by atoms with Gasteiger partial charge in [0.15, 0.2) is 0 Å². The summed E-state index contributed by atoms with van der Waals surface area (Å²) >= 11 is 0. The number of nitrogens with zero attached hydrogens (tertiary/aromatic N) is 2. The third kappa shape index (κ3) is 6.07. The molecule has 1 radical (unpaired) electrons. The van der Waals surface area contributed by atoms with Gasteiger partial charge in [-0.3, -0.25) is 0 Å². The minimum absolute atomic E-state index is 0. The summed E-state index contributed by atoms with van der Waals surface area (Å²) in [6.07, 6.45) is 3.73. The molecule has 0 aliphatic carbocycles. The van der Waals surface area contributed by atoms with Crippen molar-refractivity contribution in [1.29, 1.82) is 0 Å². The van der Waals surface area contributed by atoms with Gasteiger partial charge in [0.1, 0.15) is 0 Å². The van der Waals surface area contributed by atoms with E-state index in [0.717, 1.165) is 22.5 Å². The fourth-order valence-corrected chi connectivity index (χ4v) is 3.25. The van der Waals surface area contributed by atoms with Crippen molar-refractivity contribution >= 4 is 0 Å². The van der Waals surface area contributed by atoms with Crippen LogP contribution in [0.15, 0.2) is 116 Å². The van der Waals surface area contributed by atoms with Crippen LogP contribution in [0.3, 0.4) is 0 Å². The van der Waals surface area contributed by atoms with Crippen LogP contribution in [0.4, 0.5) is 0 Å². The Labute approximate surface area is 203 Å². The molecule has 0 saturated carbocycles. The molecule has 2 nitrogen and oxygen atoms in total. The molecule has 0 aliphatic heterocycles. The van der Waals surface area contributed by atoms with Crippen LogP contribution in [-0.4, -0.2) is 9.97 Å². The summed E-state index contributed by atoms with van der Waals surface area (Å²) in [5, 5.41) is 0. The zero-order valence-electron chi connectivity index (χ0n) is 17.7. The van der Waals surface area contributed by atoms with Crippen molar-refractivity contribution in [2.24, 2.45) is 0 Å². The van der Waals surface area contributed by atoms with Gasteiger partial charge in [-0.2, -0.15) is 0 Å². The molecule has 2 heterocycles. The van der Waals surface area contributed by atoms with Crippen molar-refractivity contribution in [2.75, 3.05) is 0 Å². The predicted octanol–water partition coefficient (Wildman–Crippen LogP) is 7.07. The summed E-state index contributed by atoms with van der Waals surface area (Å²) < 4.78 is 0. The zero-order valence-corrected chi connectivity index (χ0v) is 20.1. The van der Waals surface area contributed by atoms with Gasteiger partial charge in [0.25, 0.3) is 0 Å². The molecule has 0 N–H and O–H groups in total. The van der Waals surface area contributed by atoms with Crippen molar-refractivity contribution < 1.29 is 20.1 Å². The van der Waals surface area contributed by atoms with Gasteiger partial charge in [0.05, 0.1) is 0 Å². The summed E-state index contributed by atoms with van der Waals surface area (Å²) in [5.41, 5.74) is 7.63. The van der Waals surface area contributed by atoms with Crippen LogP contribution < -0.4 is 0 Å². The first-order valence-corrected chi connectivity index (χ1v) is 10.2. The van der Waals surface area contributed by atoms with E-state index in [9.17, 15) is 0 Å². The first-order valence-electron chi connectivity index (χ1n) is 10.2. The van der Waals surface area contributed by atoms with E-state index in [1.807, 2.05) is 91.1 Å². The summed E-state index contributed by atoms with van der Waals surface area (Å²) in [6.45, 7) is 2.12. The second-order valence-electron chi connectivity index (χ2n) is 7.02. The van der Waals surface area contributed by atoms with Crippen LogP contribution >= 0.6 is 0 Å². The average molecular weight is 591 g/mol. The summed E-state index contributed by atoms with van der Waals surface area (Å²) in [5.74, 6) is 0. The molecule has 0 bridgehead atoms. The Bertz CT molecular complexity index is 1170. The van der Waals surface area contributed by atoms with E-state index in [1.54, 1.807) is 6.20 Å². The van der Waals surface area contributed by atoms with Gasteiger partial charge in [-0.05, 0) is 35.5 Å². The normalized spacial score (nSPS) is 9.78. The fraction of sp³-hybridized carbons (Fsp3) is 0.0345. The van der Waals surface area contributed by atoms with Crippen LogP contribution in [0.1, 0.15) is 5.56 Å².